The lowest BCUT2D eigenvalue weighted by atomic mass is 9.83. The number of nitrogens with one attached hydrogen (secondary N) is 1. The van der Waals surface area contributed by atoms with Crippen molar-refractivity contribution in [1.82, 2.24) is 5.32 Å². The van der Waals surface area contributed by atoms with Crippen molar-refractivity contribution < 1.29 is 5.11 Å². The van der Waals surface area contributed by atoms with E-state index in [4.69, 9.17) is 5.11 Å². The molecule has 0 atom stereocenters. The summed E-state index contributed by atoms with van der Waals surface area (Å²) in [5.74, 6) is 0. The number of hydrogen-bond donors (Lipinski definition) is 2. The summed E-state index contributed by atoms with van der Waals surface area (Å²) in [4.78, 5) is 0. The smallest absolute Gasteiger partial charge is 0.0555 e. The van der Waals surface area contributed by atoms with Crippen molar-refractivity contribution in [3.63, 3.8) is 0 Å². The molecule has 0 aliphatic carbocycles. The lowest BCUT2D eigenvalue weighted by molar-refractivity contribution is 0.286. The molecule has 2 nitrogen and oxygen atoms in total. The molecule has 0 unspecified atom stereocenters. The quantitative estimate of drug-likeness (QED) is 0.791. The minimum absolute atomic E-state index is 0.0687. The van der Waals surface area contributed by atoms with Gasteiger partial charge in [-0.3, -0.25) is 0 Å². The van der Waals surface area contributed by atoms with Crippen LogP contribution < -0.4 is 5.32 Å². The van der Waals surface area contributed by atoms with E-state index in [9.17, 15) is 0 Å². The number of benzene rings is 2. The summed E-state index contributed by atoms with van der Waals surface area (Å²) in [5, 5.41) is 14.6. The van der Waals surface area contributed by atoms with Gasteiger partial charge >= 0.3 is 0 Å². The molecule has 2 N–H and O–H groups in total. The molecular formula is C16H21NO. The van der Waals surface area contributed by atoms with E-state index < -0.39 is 0 Å². The predicted octanol–water partition coefficient (Wildman–Crippen LogP) is 2.70. The van der Waals surface area contributed by atoms with Crippen molar-refractivity contribution in [3.8, 4) is 0 Å². The zero-order valence-corrected chi connectivity index (χ0v) is 11.1. The fourth-order valence-corrected chi connectivity index (χ4v) is 2.19. The van der Waals surface area contributed by atoms with E-state index in [-0.39, 0.29) is 12.0 Å². The SMILES string of the molecule is CC(C)(CNCCO)c1ccc2ccccc2c1. The lowest BCUT2D eigenvalue weighted by Gasteiger charge is -2.26. The zero-order chi connectivity index (χ0) is 13.0. The molecule has 0 saturated carbocycles. The molecule has 2 aromatic rings. The van der Waals surface area contributed by atoms with Gasteiger partial charge in [-0.2, -0.15) is 0 Å². The van der Waals surface area contributed by atoms with Crippen LogP contribution in [-0.4, -0.2) is 24.8 Å². The van der Waals surface area contributed by atoms with Gasteiger partial charge in [0.15, 0.2) is 0 Å². The van der Waals surface area contributed by atoms with Gasteiger partial charge in [-0.1, -0.05) is 56.3 Å². The molecule has 0 aliphatic rings. The van der Waals surface area contributed by atoms with Gasteiger partial charge in [-0.25, -0.2) is 0 Å². The third-order valence-electron chi connectivity index (χ3n) is 3.39. The number of rotatable bonds is 5. The maximum Gasteiger partial charge on any atom is 0.0555 e. The first-order valence-electron chi connectivity index (χ1n) is 6.44. The first kappa shape index (κ1) is 13.1. The Labute approximate surface area is 109 Å². The van der Waals surface area contributed by atoms with Gasteiger partial charge in [0.05, 0.1) is 6.61 Å². The van der Waals surface area contributed by atoms with Crippen molar-refractivity contribution in [1.29, 1.82) is 0 Å². The largest absolute Gasteiger partial charge is 0.395 e. The summed E-state index contributed by atoms with van der Waals surface area (Å²) in [6.07, 6.45) is 0. The second kappa shape index (κ2) is 5.51. The zero-order valence-electron chi connectivity index (χ0n) is 11.1. The van der Waals surface area contributed by atoms with Crippen molar-refractivity contribution in [2.24, 2.45) is 0 Å². The molecule has 0 spiro atoms. The Balaban J connectivity index is 2.23. The molecule has 0 bridgehead atoms. The highest BCUT2D eigenvalue weighted by molar-refractivity contribution is 5.83. The van der Waals surface area contributed by atoms with E-state index in [2.05, 4.69) is 61.6 Å². The van der Waals surface area contributed by atoms with E-state index in [1.807, 2.05) is 0 Å². The normalized spacial score (nSPS) is 11.9. The molecule has 0 amide bonds. The van der Waals surface area contributed by atoms with Crippen LogP contribution in [0, 0.1) is 0 Å². The Morgan fingerprint density at radius 1 is 1.06 bits per heavy atom. The highest BCUT2D eigenvalue weighted by atomic mass is 16.3. The topological polar surface area (TPSA) is 32.3 Å². The first-order valence-corrected chi connectivity index (χ1v) is 6.44. The standard InChI is InChI=1S/C16H21NO/c1-16(2,12-17-9-10-18)15-8-7-13-5-3-4-6-14(13)11-15/h3-8,11,17-18H,9-10,12H2,1-2H3. The molecule has 2 aromatic carbocycles. The summed E-state index contributed by atoms with van der Waals surface area (Å²) < 4.78 is 0. The van der Waals surface area contributed by atoms with Crippen LogP contribution in [-0.2, 0) is 5.41 Å². The average molecular weight is 243 g/mol. The Morgan fingerprint density at radius 3 is 2.50 bits per heavy atom. The van der Waals surface area contributed by atoms with Gasteiger partial charge in [0.2, 0.25) is 0 Å². The molecule has 0 heterocycles. The second-order valence-corrected chi connectivity index (χ2v) is 5.35. The summed E-state index contributed by atoms with van der Waals surface area (Å²) in [7, 11) is 0. The van der Waals surface area contributed by atoms with E-state index in [1.165, 1.54) is 16.3 Å². The lowest BCUT2D eigenvalue weighted by Crippen LogP contribution is -2.34. The third-order valence-corrected chi connectivity index (χ3v) is 3.39. The number of hydrogen-bond acceptors (Lipinski definition) is 2. The van der Waals surface area contributed by atoms with Crippen molar-refractivity contribution >= 4 is 10.8 Å². The monoisotopic (exact) mass is 243 g/mol. The van der Waals surface area contributed by atoms with Crippen LogP contribution in [0.3, 0.4) is 0 Å². The summed E-state index contributed by atoms with van der Waals surface area (Å²) in [6, 6.07) is 15.1. The third kappa shape index (κ3) is 2.89. The summed E-state index contributed by atoms with van der Waals surface area (Å²) >= 11 is 0. The van der Waals surface area contributed by atoms with Crippen LogP contribution in [0.4, 0.5) is 0 Å². The van der Waals surface area contributed by atoms with Crippen LogP contribution in [0.2, 0.25) is 0 Å². The molecule has 2 rings (SSSR count). The maximum absolute atomic E-state index is 8.81. The number of aliphatic hydroxyl groups excluding tert-OH is 1. The molecule has 0 aliphatic heterocycles. The van der Waals surface area contributed by atoms with Gasteiger partial charge in [-0.15, -0.1) is 0 Å². The van der Waals surface area contributed by atoms with Crippen LogP contribution in [0.15, 0.2) is 42.5 Å². The van der Waals surface area contributed by atoms with Crippen molar-refractivity contribution in [2.45, 2.75) is 19.3 Å². The van der Waals surface area contributed by atoms with Gasteiger partial charge < -0.3 is 10.4 Å². The minimum Gasteiger partial charge on any atom is -0.395 e. The highest BCUT2D eigenvalue weighted by Crippen LogP contribution is 2.26. The van der Waals surface area contributed by atoms with Crippen molar-refractivity contribution in [3.05, 3.63) is 48.0 Å². The molecule has 0 radical (unpaired) electrons. The van der Waals surface area contributed by atoms with Crippen molar-refractivity contribution in [2.75, 3.05) is 19.7 Å². The highest BCUT2D eigenvalue weighted by Gasteiger charge is 2.20. The van der Waals surface area contributed by atoms with E-state index in [0.717, 1.165) is 6.54 Å². The molecule has 18 heavy (non-hydrogen) atoms. The van der Waals surface area contributed by atoms with Gasteiger partial charge in [0.25, 0.3) is 0 Å². The number of fused-ring (bicyclic) bond motifs is 1. The molecule has 96 valence electrons. The minimum atomic E-state index is 0.0687. The summed E-state index contributed by atoms with van der Waals surface area (Å²) in [5.41, 5.74) is 1.39. The average Bonchev–Trinajstić information content (AvgIpc) is 2.38. The number of aliphatic hydroxyl groups is 1. The summed E-state index contributed by atoms with van der Waals surface area (Å²) in [6.45, 7) is 6.15. The second-order valence-electron chi connectivity index (χ2n) is 5.35. The molecular weight excluding hydrogens is 222 g/mol. The fourth-order valence-electron chi connectivity index (χ4n) is 2.19. The Morgan fingerprint density at radius 2 is 1.78 bits per heavy atom. The Bertz CT molecular complexity index is 519. The molecule has 2 heteroatoms. The molecule has 0 saturated heterocycles. The maximum atomic E-state index is 8.81. The van der Waals surface area contributed by atoms with Crippen LogP contribution >= 0.6 is 0 Å². The molecule has 0 aromatic heterocycles. The van der Waals surface area contributed by atoms with Crippen LogP contribution in [0.1, 0.15) is 19.4 Å². The van der Waals surface area contributed by atoms with Gasteiger partial charge in [0, 0.05) is 18.5 Å². The first-order chi connectivity index (χ1) is 8.63. The predicted molar refractivity (Wildman–Crippen MR) is 76.9 cm³/mol. The van der Waals surface area contributed by atoms with Crippen LogP contribution in [0.25, 0.3) is 10.8 Å². The van der Waals surface area contributed by atoms with E-state index in [0.29, 0.717) is 6.54 Å². The van der Waals surface area contributed by atoms with E-state index >= 15 is 0 Å². The van der Waals surface area contributed by atoms with Crippen LogP contribution in [0.5, 0.6) is 0 Å². The Hall–Kier alpha value is -1.38. The fraction of sp³-hybridized carbons (Fsp3) is 0.375. The van der Waals surface area contributed by atoms with E-state index in [1.54, 1.807) is 0 Å². The Kier molecular flexibility index (Phi) is 4.00. The van der Waals surface area contributed by atoms with Gasteiger partial charge in [-0.05, 0) is 16.3 Å². The van der Waals surface area contributed by atoms with Gasteiger partial charge in [0.1, 0.15) is 0 Å². The molecule has 0 fully saturated rings.